The number of halogens is 4. The maximum absolute atomic E-state index is 15.1. The van der Waals surface area contributed by atoms with Gasteiger partial charge in [-0.3, -0.25) is 0 Å². The largest absolute Gasteiger partial charge is 0.497 e. The van der Waals surface area contributed by atoms with Crippen molar-refractivity contribution in [2.75, 3.05) is 33.8 Å². The predicted octanol–water partition coefficient (Wildman–Crippen LogP) is 23.1. The Bertz CT molecular complexity index is 5000. The van der Waals surface area contributed by atoms with Crippen LogP contribution in [0.4, 0.5) is 17.6 Å². The molecule has 0 radical (unpaired) electrons. The van der Waals surface area contributed by atoms with Crippen molar-refractivity contribution >= 4 is 82.1 Å². The lowest BCUT2D eigenvalue weighted by Crippen LogP contribution is -2.41. The third-order valence-corrected chi connectivity index (χ3v) is 37.2. The summed E-state index contributed by atoms with van der Waals surface area (Å²) in [4.78, 5) is 7.63. The molecule has 8 aromatic carbocycles. The van der Waals surface area contributed by atoms with Gasteiger partial charge in [0, 0.05) is 30.7 Å². The molecule has 8 aromatic rings. The van der Waals surface area contributed by atoms with Gasteiger partial charge in [-0.15, -0.1) is 0 Å². The lowest BCUT2D eigenvalue weighted by molar-refractivity contribution is 0.169. The molecule has 31 heteroatoms. The van der Waals surface area contributed by atoms with Crippen molar-refractivity contribution < 1.29 is 90.6 Å². The molecule has 6 fully saturated rings. The molecule has 0 bridgehead atoms. The highest BCUT2D eigenvalue weighted by Crippen LogP contribution is 2.53. The van der Waals surface area contributed by atoms with Gasteiger partial charge in [0.1, 0.15) is 28.7 Å². The molecule has 19 nitrogen and oxygen atoms in total. The second-order valence-corrected chi connectivity index (χ2v) is 47.0. The van der Waals surface area contributed by atoms with Gasteiger partial charge >= 0.3 is 29.4 Å². The summed E-state index contributed by atoms with van der Waals surface area (Å²) in [6, 6.07) is 64.3. The van der Waals surface area contributed by atoms with Crippen LogP contribution in [-0.4, -0.2) is 93.5 Å². The highest BCUT2D eigenvalue weighted by atomic mass is 32.3. The van der Waals surface area contributed by atoms with Gasteiger partial charge < -0.3 is 30.8 Å². The minimum absolute atomic E-state index is 0.0146. The molecule has 6 aliphatic rings. The quantitative estimate of drug-likeness (QED) is 0.0263. The van der Waals surface area contributed by atoms with E-state index in [4.69, 9.17) is 22.6 Å². The summed E-state index contributed by atoms with van der Waals surface area (Å²) in [6.45, 7) is 0. The number of hydrogen-bond donors (Lipinski definition) is 0. The van der Waals surface area contributed by atoms with E-state index in [0.29, 0.717) is 34.8 Å². The van der Waals surface area contributed by atoms with Crippen LogP contribution in [0.2, 0.25) is 0 Å². The number of nitrogens with zero attached hydrogens (tertiary/aromatic N) is 2. The fraction of sp³-hybridized carbons (Fsp3) is 0.473. The molecule has 0 heterocycles. The number of rotatable bonds is 27. The number of benzene rings is 8. The molecule has 0 spiro atoms. The van der Waals surface area contributed by atoms with Crippen LogP contribution >= 0.6 is 0 Å². The van der Waals surface area contributed by atoms with E-state index in [1.54, 1.807) is 21.3 Å². The topological polar surface area (TPSA) is 279 Å². The fourth-order valence-electron chi connectivity index (χ4n) is 17.5. The van der Waals surface area contributed by atoms with Crippen LogP contribution in [0.15, 0.2) is 217 Å². The second kappa shape index (κ2) is 42.9. The van der Waals surface area contributed by atoms with E-state index in [1.807, 2.05) is 60.7 Å². The Labute approximate surface area is 726 Å². The summed E-state index contributed by atoms with van der Waals surface area (Å²) in [7, 11) is -29.9. The molecular formula is C91H112F4N2O17S8. The Morgan fingerprint density at radius 2 is 0.500 bits per heavy atom. The maximum Gasteiger partial charge on any atom is 0.465 e. The highest BCUT2D eigenvalue weighted by Gasteiger charge is 2.58. The summed E-state index contributed by atoms with van der Waals surface area (Å²) >= 11 is 0. The average Bonchev–Trinajstić information content (AvgIpc) is 0.746. The minimum Gasteiger partial charge on any atom is -0.497 e. The summed E-state index contributed by atoms with van der Waals surface area (Å²) in [5.41, 5.74) is 4.27. The van der Waals surface area contributed by atoms with Crippen molar-refractivity contribution in [2.24, 2.45) is 0 Å². The van der Waals surface area contributed by atoms with E-state index in [2.05, 4.69) is 136 Å². The van der Waals surface area contributed by atoms with Gasteiger partial charge in [0.2, 0.25) is 0 Å². The van der Waals surface area contributed by atoms with Crippen LogP contribution in [0, 0.1) is 0 Å². The normalized spacial score (nSPS) is 17.6. The van der Waals surface area contributed by atoms with Crippen LogP contribution in [0.5, 0.6) is 28.7 Å². The SMILES string of the molecule is COc1cccc([S+](c2cccc(OC)c2)c2cccc(OC)c2)c1.CS(=O)(=O)[N-]S(=O)(=O)C(F)(F)S(=O)(=O)Oc1c(C2CCCCC2)cc(C2CCCCC2)cc1C1CCCCC1.CS(=O)(=O)[N-]S(=O)(=O)C(F)(F)S(=O)(=O)Oc1c(C2CCCCC2)cc(C2CCCCC2)cc1C1CCCCC1.c1ccc([S+](c2ccccc2)c2ccccc2)cc1. The molecule has 0 aromatic heterocycles. The molecule has 664 valence electrons. The Hall–Kier alpha value is -7.20. The van der Waals surface area contributed by atoms with Crippen molar-refractivity contribution in [3.05, 3.63) is 230 Å². The Morgan fingerprint density at radius 3 is 0.721 bits per heavy atom. The third-order valence-electron chi connectivity index (χ3n) is 23.5. The van der Waals surface area contributed by atoms with E-state index in [0.717, 1.165) is 221 Å². The van der Waals surface area contributed by atoms with Crippen LogP contribution < -0.4 is 22.6 Å². The first-order chi connectivity index (χ1) is 58.1. The van der Waals surface area contributed by atoms with E-state index < -0.39 is 69.5 Å². The lowest BCUT2D eigenvalue weighted by Gasteiger charge is -2.32. The van der Waals surface area contributed by atoms with Crippen molar-refractivity contribution in [3.8, 4) is 28.7 Å². The second-order valence-electron chi connectivity index (χ2n) is 32.2. The molecule has 0 amide bonds. The zero-order chi connectivity index (χ0) is 87.5. The predicted molar refractivity (Wildman–Crippen MR) is 474 cm³/mol. The van der Waals surface area contributed by atoms with Crippen molar-refractivity contribution in [3.63, 3.8) is 0 Å². The zero-order valence-electron chi connectivity index (χ0n) is 69.7. The molecule has 0 saturated heterocycles. The zero-order valence-corrected chi connectivity index (χ0v) is 76.2. The minimum atomic E-state index is -6.31. The van der Waals surface area contributed by atoms with Gasteiger partial charge in [-0.1, -0.05) is 213 Å². The van der Waals surface area contributed by atoms with Gasteiger partial charge in [-0.05, 0) is 219 Å². The number of methoxy groups -OCH3 is 3. The smallest absolute Gasteiger partial charge is 0.465 e. The van der Waals surface area contributed by atoms with Crippen molar-refractivity contribution in [1.29, 1.82) is 0 Å². The molecule has 0 atom stereocenters. The van der Waals surface area contributed by atoms with Crippen LogP contribution in [-0.2, 0) is 82.1 Å². The van der Waals surface area contributed by atoms with Crippen molar-refractivity contribution in [2.45, 2.75) is 267 Å². The highest BCUT2D eigenvalue weighted by molar-refractivity contribution is 8.18. The molecule has 6 saturated carbocycles. The number of hydrogen-bond acceptors (Lipinski definition) is 17. The summed E-state index contributed by atoms with van der Waals surface area (Å²) in [5, 5.41) is 0. The van der Waals surface area contributed by atoms with Gasteiger partial charge in [0.05, 0.1) is 63.2 Å². The molecule has 122 heavy (non-hydrogen) atoms. The third kappa shape index (κ3) is 24.7. The Balaban J connectivity index is 0.000000164. The first-order valence-corrected chi connectivity index (χ1v) is 53.9. The van der Waals surface area contributed by atoms with Crippen LogP contribution in [0.1, 0.15) is 262 Å². The molecule has 0 aliphatic heterocycles. The monoisotopic (exact) mass is 1840 g/mol. The first-order valence-electron chi connectivity index (χ1n) is 42.1. The van der Waals surface area contributed by atoms with Gasteiger partial charge in [-0.25, -0.2) is 33.7 Å². The Kier molecular flexibility index (Phi) is 33.5. The van der Waals surface area contributed by atoms with Gasteiger partial charge in [-0.2, -0.15) is 34.4 Å². The maximum atomic E-state index is 15.1. The first kappa shape index (κ1) is 95.5. The molecule has 6 aliphatic carbocycles. The number of ether oxygens (including phenoxy) is 3. The van der Waals surface area contributed by atoms with E-state index in [-0.39, 0.29) is 68.8 Å². The number of alkyl halides is 4. The standard InChI is InChI=1S/2C26H38F2NO7S3.C21H21O3S.C18H15S/c2*1-37(30,31)29-38(32,33)26(27,28)39(34,35)36-25-23(20-13-7-3-8-14-20)17-22(19-11-5-2-6-12-19)18-24(25)21-15-9-4-10-16-21;1-22-16-7-4-10-19(13-16)25(20-11-5-8-17(14-20)23-2)21-12-6-9-18(15-21)24-3;1-4-10-16(11-5-1)19(17-12-6-2-7-13-17)18-14-8-3-9-15-18/h2*17-21H,2-16H2,1H3;4-15H,1-3H3;1-15H/q2*-1;2*+1. The van der Waals surface area contributed by atoms with E-state index in [1.165, 1.54) is 29.4 Å². The van der Waals surface area contributed by atoms with E-state index >= 15 is 17.6 Å². The molecular weight excluding hydrogens is 1730 g/mol. The van der Waals surface area contributed by atoms with Crippen molar-refractivity contribution in [1.82, 2.24) is 0 Å². The average molecular weight is 1840 g/mol. The molecule has 0 unspecified atom stereocenters. The Morgan fingerprint density at radius 1 is 0.287 bits per heavy atom. The lowest BCUT2D eigenvalue weighted by atomic mass is 9.75. The van der Waals surface area contributed by atoms with Gasteiger partial charge in [0.15, 0.2) is 49.4 Å². The van der Waals surface area contributed by atoms with Crippen LogP contribution in [0.3, 0.4) is 0 Å². The summed E-state index contributed by atoms with van der Waals surface area (Å²) in [6.07, 6.45) is 28.5. The van der Waals surface area contributed by atoms with Crippen LogP contribution in [0.25, 0.3) is 8.25 Å². The summed E-state index contributed by atoms with van der Waals surface area (Å²) in [5.74, 6) is 2.25. The molecule has 14 rings (SSSR count). The van der Waals surface area contributed by atoms with Gasteiger partial charge in [0.25, 0.3) is 0 Å². The number of sulfonamides is 4. The van der Waals surface area contributed by atoms with E-state index in [9.17, 15) is 50.5 Å². The fourth-order valence-corrected chi connectivity index (χ4v) is 29.1. The molecule has 0 N–H and O–H groups in total. The summed E-state index contributed by atoms with van der Waals surface area (Å²) < 4.78 is 226.